The van der Waals surface area contributed by atoms with Gasteiger partial charge in [-0.25, -0.2) is 4.98 Å². The highest BCUT2D eigenvalue weighted by molar-refractivity contribution is 5.92. The van der Waals surface area contributed by atoms with Crippen molar-refractivity contribution >= 4 is 22.6 Å². The zero-order chi connectivity index (χ0) is 18.2. The number of rotatable bonds is 3. The van der Waals surface area contributed by atoms with E-state index >= 15 is 0 Å². The highest BCUT2D eigenvalue weighted by Crippen LogP contribution is 2.26. The average Bonchev–Trinajstić information content (AvgIpc) is 2.85. The number of nitrogens with zero attached hydrogens (tertiary/aromatic N) is 2. The summed E-state index contributed by atoms with van der Waals surface area (Å²) in [7, 11) is 0. The van der Waals surface area contributed by atoms with E-state index in [9.17, 15) is 4.79 Å². The highest BCUT2D eigenvalue weighted by atomic mass is 16.1. The molecule has 0 spiro atoms. The smallest absolute Gasteiger partial charge is 0.244 e. The van der Waals surface area contributed by atoms with Gasteiger partial charge in [0, 0.05) is 11.1 Å². The molecule has 1 amide bonds. The molecule has 130 valence electrons. The van der Waals surface area contributed by atoms with E-state index in [1.807, 2.05) is 54.8 Å². The van der Waals surface area contributed by atoms with Gasteiger partial charge in [0.25, 0.3) is 0 Å². The van der Waals surface area contributed by atoms with Gasteiger partial charge >= 0.3 is 0 Å². The van der Waals surface area contributed by atoms with E-state index in [-0.39, 0.29) is 17.9 Å². The molecule has 0 fully saturated rings. The van der Waals surface area contributed by atoms with Crippen molar-refractivity contribution in [1.29, 1.82) is 0 Å². The van der Waals surface area contributed by atoms with Crippen LogP contribution in [-0.2, 0) is 16.8 Å². The molecule has 0 saturated heterocycles. The third-order valence-electron chi connectivity index (χ3n) is 4.13. The SMILES string of the molecule is Cc1cc(C)cc(NC(=O)Cn2c(C(C)(C)C)nc3ccccc32)c1. The average molecular weight is 335 g/mol. The third-order valence-corrected chi connectivity index (χ3v) is 4.13. The summed E-state index contributed by atoms with van der Waals surface area (Å²) in [5.41, 5.74) is 4.88. The zero-order valence-corrected chi connectivity index (χ0v) is 15.6. The fourth-order valence-corrected chi connectivity index (χ4v) is 3.20. The normalized spacial score (nSPS) is 11.7. The quantitative estimate of drug-likeness (QED) is 0.761. The van der Waals surface area contributed by atoms with Gasteiger partial charge in [0.1, 0.15) is 12.4 Å². The van der Waals surface area contributed by atoms with Gasteiger partial charge in [-0.3, -0.25) is 4.79 Å². The molecule has 3 aromatic rings. The summed E-state index contributed by atoms with van der Waals surface area (Å²) in [4.78, 5) is 17.4. The molecular formula is C21H25N3O. The predicted molar refractivity (Wildman–Crippen MR) is 103 cm³/mol. The van der Waals surface area contributed by atoms with Crippen molar-refractivity contribution in [3.05, 3.63) is 59.4 Å². The van der Waals surface area contributed by atoms with E-state index in [0.29, 0.717) is 0 Å². The Labute approximate surface area is 148 Å². The Morgan fingerprint density at radius 3 is 2.36 bits per heavy atom. The van der Waals surface area contributed by atoms with Crippen molar-refractivity contribution in [3.8, 4) is 0 Å². The van der Waals surface area contributed by atoms with Crippen LogP contribution in [0.1, 0.15) is 37.7 Å². The Hall–Kier alpha value is -2.62. The van der Waals surface area contributed by atoms with Crippen LogP contribution in [0.5, 0.6) is 0 Å². The summed E-state index contributed by atoms with van der Waals surface area (Å²) < 4.78 is 2.02. The number of nitrogens with one attached hydrogen (secondary N) is 1. The number of hydrogen-bond acceptors (Lipinski definition) is 2. The number of carbonyl (C=O) groups is 1. The second kappa shape index (κ2) is 6.36. The minimum absolute atomic E-state index is 0.0429. The minimum atomic E-state index is -0.140. The molecule has 2 aromatic carbocycles. The molecule has 0 saturated carbocycles. The van der Waals surface area contributed by atoms with Gasteiger partial charge in [0.2, 0.25) is 5.91 Å². The van der Waals surface area contributed by atoms with Crippen molar-refractivity contribution in [3.63, 3.8) is 0 Å². The molecule has 3 rings (SSSR count). The van der Waals surface area contributed by atoms with E-state index < -0.39 is 0 Å². The molecule has 0 atom stereocenters. The number of imidazole rings is 1. The topological polar surface area (TPSA) is 46.9 Å². The van der Waals surface area contributed by atoms with Crippen LogP contribution < -0.4 is 5.32 Å². The van der Waals surface area contributed by atoms with Gasteiger partial charge in [-0.2, -0.15) is 0 Å². The number of fused-ring (bicyclic) bond motifs is 1. The number of aromatic nitrogens is 2. The van der Waals surface area contributed by atoms with Crippen LogP contribution in [0, 0.1) is 13.8 Å². The van der Waals surface area contributed by atoms with Gasteiger partial charge in [-0.15, -0.1) is 0 Å². The maximum absolute atomic E-state index is 12.7. The molecule has 0 aliphatic rings. The van der Waals surface area contributed by atoms with E-state index in [4.69, 9.17) is 4.98 Å². The number of carbonyl (C=O) groups excluding carboxylic acids is 1. The van der Waals surface area contributed by atoms with Crippen molar-refractivity contribution in [2.75, 3.05) is 5.32 Å². The van der Waals surface area contributed by atoms with E-state index in [1.54, 1.807) is 0 Å². The molecule has 4 heteroatoms. The summed E-state index contributed by atoms with van der Waals surface area (Å²) in [5, 5.41) is 3.02. The van der Waals surface area contributed by atoms with E-state index in [2.05, 4.69) is 32.2 Å². The lowest BCUT2D eigenvalue weighted by Gasteiger charge is -2.20. The Morgan fingerprint density at radius 2 is 1.72 bits per heavy atom. The lowest BCUT2D eigenvalue weighted by atomic mass is 9.95. The Bertz CT molecular complexity index is 912. The first-order valence-electron chi connectivity index (χ1n) is 8.58. The Balaban J connectivity index is 1.92. The lowest BCUT2D eigenvalue weighted by molar-refractivity contribution is -0.116. The van der Waals surface area contributed by atoms with Crippen LogP contribution >= 0.6 is 0 Å². The third kappa shape index (κ3) is 3.73. The summed E-state index contributed by atoms with van der Waals surface area (Å²) >= 11 is 0. The number of benzene rings is 2. The first-order valence-corrected chi connectivity index (χ1v) is 8.58. The van der Waals surface area contributed by atoms with Crippen molar-refractivity contribution < 1.29 is 4.79 Å². The summed E-state index contributed by atoms with van der Waals surface area (Å²) in [6, 6.07) is 14.0. The van der Waals surface area contributed by atoms with Crippen molar-refractivity contribution in [2.24, 2.45) is 0 Å². The predicted octanol–water partition coefficient (Wildman–Crippen LogP) is 4.59. The zero-order valence-electron chi connectivity index (χ0n) is 15.6. The fraction of sp³-hybridized carbons (Fsp3) is 0.333. The van der Waals surface area contributed by atoms with Gasteiger partial charge in [0.05, 0.1) is 11.0 Å². The second-order valence-corrected chi connectivity index (χ2v) is 7.68. The maximum Gasteiger partial charge on any atom is 0.244 e. The van der Waals surface area contributed by atoms with E-state index in [1.165, 1.54) is 0 Å². The molecule has 25 heavy (non-hydrogen) atoms. The monoisotopic (exact) mass is 335 g/mol. The van der Waals surface area contributed by atoms with Crippen LogP contribution in [0.25, 0.3) is 11.0 Å². The van der Waals surface area contributed by atoms with Crippen LogP contribution in [0.3, 0.4) is 0 Å². The summed E-state index contributed by atoms with van der Waals surface area (Å²) in [6.45, 7) is 10.7. The Morgan fingerprint density at radius 1 is 1.08 bits per heavy atom. The largest absolute Gasteiger partial charge is 0.325 e. The van der Waals surface area contributed by atoms with Gasteiger partial charge in [-0.05, 0) is 49.2 Å². The molecular weight excluding hydrogens is 310 g/mol. The second-order valence-electron chi connectivity index (χ2n) is 7.68. The molecule has 1 N–H and O–H groups in total. The fourth-order valence-electron chi connectivity index (χ4n) is 3.20. The van der Waals surface area contributed by atoms with Crippen LogP contribution in [0.2, 0.25) is 0 Å². The molecule has 4 nitrogen and oxygen atoms in total. The molecule has 0 aliphatic heterocycles. The molecule has 0 unspecified atom stereocenters. The van der Waals surface area contributed by atoms with Crippen LogP contribution in [0.15, 0.2) is 42.5 Å². The van der Waals surface area contributed by atoms with Gasteiger partial charge in [-0.1, -0.05) is 39.0 Å². The number of hydrogen-bond donors (Lipinski definition) is 1. The highest BCUT2D eigenvalue weighted by Gasteiger charge is 2.23. The summed E-state index contributed by atoms with van der Waals surface area (Å²) in [6.07, 6.45) is 0. The summed E-state index contributed by atoms with van der Waals surface area (Å²) in [5.74, 6) is 0.878. The molecule has 0 bridgehead atoms. The first-order chi connectivity index (χ1) is 11.7. The maximum atomic E-state index is 12.7. The van der Waals surface area contributed by atoms with E-state index in [0.717, 1.165) is 33.7 Å². The van der Waals surface area contributed by atoms with Gasteiger partial charge < -0.3 is 9.88 Å². The molecule has 1 heterocycles. The molecule has 0 radical (unpaired) electrons. The van der Waals surface area contributed by atoms with Gasteiger partial charge in [0.15, 0.2) is 0 Å². The van der Waals surface area contributed by atoms with Crippen LogP contribution in [-0.4, -0.2) is 15.5 Å². The van der Waals surface area contributed by atoms with Crippen molar-refractivity contribution in [2.45, 2.75) is 46.6 Å². The Kier molecular flexibility index (Phi) is 4.38. The molecule has 0 aliphatic carbocycles. The number of anilines is 1. The first kappa shape index (κ1) is 17.2. The number of amides is 1. The standard InChI is InChI=1S/C21H25N3O/c1-14-10-15(2)12-16(11-14)22-19(25)13-24-18-9-7-6-8-17(18)23-20(24)21(3,4)5/h6-12H,13H2,1-5H3,(H,22,25). The van der Waals surface area contributed by atoms with Crippen molar-refractivity contribution in [1.82, 2.24) is 9.55 Å². The number of para-hydroxylation sites is 2. The van der Waals surface area contributed by atoms with Crippen LogP contribution in [0.4, 0.5) is 5.69 Å². The molecule has 1 aromatic heterocycles. The number of aryl methyl sites for hydroxylation is 2. The lowest BCUT2D eigenvalue weighted by Crippen LogP contribution is -2.25. The minimum Gasteiger partial charge on any atom is -0.325 e.